The lowest BCUT2D eigenvalue weighted by molar-refractivity contribution is 0.199. The lowest BCUT2D eigenvalue weighted by Crippen LogP contribution is -2.31. The summed E-state index contributed by atoms with van der Waals surface area (Å²) in [6.07, 6.45) is 4.72. The molecule has 2 heterocycles. The molecule has 106 valence electrons. The Labute approximate surface area is 114 Å². The molecule has 0 aromatic carbocycles. The summed E-state index contributed by atoms with van der Waals surface area (Å²) in [5.41, 5.74) is 0. The average molecular weight is 265 g/mol. The van der Waals surface area contributed by atoms with Crippen LogP contribution in [-0.2, 0) is 0 Å². The molecule has 0 aliphatic carbocycles. The lowest BCUT2D eigenvalue weighted by atomic mass is 10.1. The van der Waals surface area contributed by atoms with Gasteiger partial charge in [0.1, 0.15) is 0 Å². The second-order valence-electron chi connectivity index (χ2n) is 4.88. The van der Waals surface area contributed by atoms with Gasteiger partial charge in [0.05, 0.1) is 6.10 Å². The van der Waals surface area contributed by atoms with Gasteiger partial charge in [0.15, 0.2) is 0 Å². The molecule has 2 rings (SSSR count). The van der Waals surface area contributed by atoms with E-state index in [2.05, 4.69) is 32.1 Å². The van der Waals surface area contributed by atoms with Crippen molar-refractivity contribution in [1.29, 1.82) is 0 Å². The normalized spacial score (nSPS) is 17.1. The molecule has 0 spiro atoms. The van der Waals surface area contributed by atoms with Crippen LogP contribution < -0.4 is 15.0 Å². The molecule has 1 fully saturated rings. The molecule has 1 unspecified atom stereocenters. The van der Waals surface area contributed by atoms with Crippen LogP contribution in [-0.4, -0.2) is 41.2 Å². The summed E-state index contributed by atoms with van der Waals surface area (Å²) in [5.74, 6) is 1.28. The highest BCUT2D eigenvalue weighted by molar-refractivity contribution is 5.38. The molecule has 1 atom stereocenters. The third-order valence-corrected chi connectivity index (χ3v) is 3.35. The summed E-state index contributed by atoms with van der Waals surface area (Å²) in [5, 5.41) is 2.97. The van der Waals surface area contributed by atoms with Gasteiger partial charge in [-0.25, -0.2) is 0 Å². The highest BCUT2D eigenvalue weighted by Gasteiger charge is 2.17. The monoisotopic (exact) mass is 265 g/mol. The smallest absolute Gasteiger partial charge is 0.323 e. The number of aromatic nitrogens is 3. The van der Waals surface area contributed by atoms with Gasteiger partial charge < -0.3 is 15.0 Å². The summed E-state index contributed by atoms with van der Waals surface area (Å²) >= 11 is 0. The van der Waals surface area contributed by atoms with E-state index in [4.69, 9.17) is 4.74 Å². The van der Waals surface area contributed by atoms with Crippen molar-refractivity contribution >= 4 is 11.9 Å². The third-order valence-electron chi connectivity index (χ3n) is 3.35. The number of anilines is 2. The molecule has 0 radical (unpaired) electrons. The summed E-state index contributed by atoms with van der Waals surface area (Å²) < 4.78 is 5.71. The van der Waals surface area contributed by atoms with Gasteiger partial charge >= 0.3 is 6.01 Å². The molecule has 19 heavy (non-hydrogen) atoms. The Kier molecular flexibility index (Phi) is 4.76. The second-order valence-corrected chi connectivity index (χ2v) is 4.88. The first-order chi connectivity index (χ1) is 9.22. The summed E-state index contributed by atoms with van der Waals surface area (Å²) in [6, 6.07) is 0.411. The van der Waals surface area contributed by atoms with Gasteiger partial charge in [-0.2, -0.15) is 15.0 Å². The predicted octanol–water partition coefficient (Wildman–Crippen LogP) is 2.08. The van der Waals surface area contributed by atoms with Gasteiger partial charge in [0, 0.05) is 20.1 Å². The van der Waals surface area contributed by atoms with Crippen molar-refractivity contribution in [2.45, 2.75) is 45.6 Å². The SMILES string of the molecule is CCC(C)Oc1nc(NC)nc(N2CCCCC2)n1. The third kappa shape index (κ3) is 3.68. The predicted molar refractivity (Wildman–Crippen MR) is 75.8 cm³/mol. The molecular formula is C13H23N5O. The molecule has 1 aromatic heterocycles. The zero-order valence-electron chi connectivity index (χ0n) is 12.0. The van der Waals surface area contributed by atoms with Crippen LogP contribution in [0.2, 0.25) is 0 Å². The minimum atomic E-state index is 0.112. The van der Waals surface area contributed by atoms with Crippen LogP contribution in [0.5, 0.6) is 6.01 Å². The molecule has 1 aliphatic heterocycles. The molecule has 6 heteroatoms. The van der Waals surface area contributed by atoms with Crippen molar-refractivity contribution < 1.29 is 4.74 Å². The van der Waals surface area contributed by atoms with Crippen LogP contribution in [0.1, 0.15) is 39.5 Å². The van der Waals surface area contributed by atoms with Gasteiger partial charge in [-0.1, -0.05) is 6.92 Å². The number of nitrogens with zero attached hydrogens (tertiary/aromatic N) is 4. The fourth-order valence-corrected chi connectivity index (χ4v) is 2.01. The van der Waals surface area contributed by atoms with Crippen LogP contribution in [0.3, 0.4) is 0 Å². The Morgan fingerprint density at radius 2 is 1.95 bits per heavy atom. The molecule has 1 aromatic rings. The fraction of sp³-hybridized carbons (Fsp3) is 0.769. The molecule has 1 aliphatic rings. The summed E-state index contributed by atoms with van der Waals surface area (Å²) in [4.78, 5) is 15.3. The van der Waals surface area contributed by atoms with Crippen LogP contribution in [0.4, 0.5) is 11.9 Å². The number of hydrogen-bond donors (Lipinski definition) is 1. The number of hydrogen-bond acceptors (Lipinski definition) is 6. The molecule has 0 amide bonds. The first kappa shape index (κ1) is 13.8. The van der Waals surface area contributed by atoms with Crippen LogP contribution in [0.25, 0.3) is 0 Å². The molecule has 0 saturated carbocycles. The van der Waals surface area contributed by atoms with Gasteiger partial charge in [-0.05, 0) is 32.6 Å². The highest BCUT2D eigenvalue weighted by atomic mass is 16.5. The largest absolute Gasteiger partial charge is 0.460 e. The zero-order chi connectivity index (χ0) is 13.7. The van der Waals surface area contributed by atoms with Crippen molar-refractivity contribution in [3.05, 3.63) is 0 Å². The van der Waals surface area contributed by atoms with Crippen molar-refractivity contribution in [1.82, 2.24) is 15.0 Å². The molecular weight excluding hydrogens is 242 g/mol. The van der Waals surface area contributed by atoms with Crippen molar-refractivity contribution in [3.63, 3.8) is 0 Å². The van der Waals surface area contributed by atoms with E-state index in [9.17, 15) is 0 Å². The van der Waals surface area contributed by atoms with E-state index in [-0.39, 0.29) is 6.10 Å². The molecule has 6 nitrogen and oxygen atoms in total. The number of nitrogens with one attached hydrogen (secondary N) is 1. The van der Waals surface area contributed by atoms with E-state index >= 15 is 0 Å². The Morgan fingerprint density at radius 1 is 1.21 bits per heavy atom. The minimum absolute atomic E-state index is 0.112. The Bertz CT molecular complexity index is 406. The Balaban J connectivity index is 2.19. The zero-order valence-corrected chi connectivity index (χ0v) is 12.0. The van der Waals surface area contributed by atoms with E-state index in [1.807, 2.05) is 14.0 Å². The lowest BCUT2D eigenvalue weighted by Gasteiger charge is -2.27. The topological polar surface area (TPSA) is 63.2 Å². The highest BCUT2D eigenvalue weighted by Crippen LogP contribution is 2.19. The minimum Gasteiger partial charge on any atom is -0.460 e. The number of rotatable bonds is 5. The fourth-order valence-electron chi connectivity index (χ4n) is 2.01. The maximum Gasteiger partial charge on any atom is 0.323 e. The molecule has 1 N–H and O–H groups in total. The Hall–Kier alpha value is -1.59. The number of piperidine rings is 1. The van der Waals surface area contributed by atoms with Crippen LogP contribution >= 0.6 is 0 Å². The van der Waals surface area contributed by atoms with Gasteiger partial charge in [0.2, 0.25) is 11.9 Å². The molecule has 0 bridgehead atoms. The van der Waals surface area contributed by atoms with Crippen molar-refractivity contribution in [3.8, 4) is 6.01 Å². The van der Waals surface area contributed by atoms with Gasteiger partial charge in [0.25, 0.3) is 0 Å². The standard InChI is InChI=1S/C13H23N5O/c1-4-10(2)19-13-16-11(14-3)15-12(17-13)18-8-6-5-7-9-18/h10H,4-9H2,1-3H3,(H,14,15,16,17). The summed E-state index contributed by atoms with van der Waals surface area (Å²) in [7, 11) is 1.81. The maximum atomic E-state index is 5.71. The molecule has 1 saturated heterocycles. The average Bonchev–Trinajstić information content (AvgIpc) is 2.47. The second kappa shape index (κ2) is 6.54. The van der Waals surface area contributed by atoms with E-state index < -0.39 is 0 Å². The first-order valence-corrected chi connectivity index (χ1v) is 7.08. The Morgan fingerprint density at radius 3 is 2.58 bits per heavy atom. The number of ether oxygens (including phenoxy) is 1. The summed E-state index contributed by atoms with van der Waals surface area (Å²) in [6.45, 7) is 6.12. The van der Waals surface area contributed by atoms with E-state index in [1.54, 1.807) is 0 Å². The van der Waals surface area contributed by atoms with Crippen molar-refractivity contribution in [2.24, 2.45) is 0 Å². The van der Waals surface area contributed by atoms with Crippen LogP contribution in [0.15, 0.2) is 0 Å². The van der Waals surface area contributed by atoms with E-state index in [0.717, 1.165) is 25.5 Å². The van der Waals surface area contributed by atoms with E-state index in [0.29, 0.717) is 12.0 Å². The maximum absolute atomic E-state index is 5.71. The quantitative estimate of drug-likeness (QED) is 0.879. The van der Waals surface area contributed by atoms with Gasteiger partial charge in [-0.15, -0.1) is 0 Å². The van der Waals surface area contributed by atoms with Crippen molar-refractivity contribution in [2.75, 3.05) is 30.4 Å². The van der Waals surface area contributed by atoms with Crippen LogP contribution in [0, 0.1) is 0 Å². The van der Waals surface area contributed by atoms with E-state index in [1.165, 1.54) is 19.3 Å². The van der Waals surface area contributed by atoms with Gasteiger partial charge in [-0.3, -0.25) is 0 Å². The first-order valence-electron chi connectivity index (χ1n) is 7.08.